The molecule has 1 N–H and O–H groups in total. The van der Waals surface area contributed by atoms with Crippen molar-refractivity contribution < 1.29 is 14.0 Å². The van der Waals surface area contributed by atoms with Crippen LogP contribution in [-0.2, 0) is 9.59 Å². The van der Waals surface area contributed by atoms with Gasteiger partial charge >= 0.3 is 0 Å². The molecule has 0 saturated heterocycles. The fourth-order valence-corrected chi connectivity index (χ4v) is 3.62. The lowest BCUT2D eigenvalue weighted by Crippen LogP contribution is -2.33. The number of anilines is 2. The predicted molar refractivity (Wildman–Crippen MR) is 117 cm³/mol. The average molecular weight is 421 g/mol. The molecule has 0 spiro atoms. The number of hydrogen-bond donors (Lipinski definition) is 1. The third-order valence-electron chi connectivity index (χ3n) is 4.98. The van der Waals surface area contributed by atoms with Gasteiger partial charge in [-0.1, -0.05) is 41.9 Å². The monoisotopic (exact) mass is 420 g/mol. The van der Waals surface area contributed by atoms with Crippen LogP contribution in [0.15, 0.2) is 72.4 Å². The molecule has 6 heteroatoms. The smallest absolute Gasteiger partial charge is 0.282 e. The summed E-state index contributed by atoms with van der Waals surface area (Å²) in [7, 11) is 0. The molecule has 4 rings (SSSR count). The highest BCUT2D eigenvalue weighted by molar-refractivity contribution is 6.46. The molecule has 2 amide bonds. The summed E-state index contributed by atoms with van der Waals surface area (Å²) in [5.41, 5.74) is 3.48. The molecule has 3 aromatic carbocycles. The summed E-state index contributed by atoms with van der Waals surface area (Å²) in [6.45, 7) is 3.69. The number of hydrogen-bond acceptors (Lipinski definition) is 3. The first-order chi connectivity index (χ1) is 14.4. The van der Waals surface area contributed by atoms with Crippen molar-refractivity contribution >= 4 is 40.4 Å². The van der Waals surface area contributed by atoms with Crippen LogP contribution in [0.2, 0.25) is 5.02 Å². The summed E-state index contributed by atoms with van der Waals surface area (Å²) in [5.74, 6) is -1.41. The van der Waals surface area contributed by atoms with Crippen molar-refractivity contribution in [3.05, 3.63) is 100.0 Å². The van der Waals surface area contributed by atoms with Crippen molar-refractivity contribution in [1.29, 1.82) is 0 Å². The van der Waals surface area contributed by atoms with Crippen LogP contribution < -0.4 is 10.2 Å². The van der Waals surface area contributed by atoms with E-state index in [-0.39, 0.29) is 11.3 Å². The Labute approximate surface area is 178 Å². The molecule has 4 nitrogen and oxygen atoms in total. The molecule has 1 aliphatic heterocycles. The van der Waals surface area contributed by atoms with Crippen LogP contribution in [0.3, 0.4) is 0 Å². The maximum Gasteiger partial charge on any atom is 0.282 e. The van der Waals surface area contributed by atoms with E-state index >= 15 is 0 Å². The Morgan fingerprint density at radius 3 is 2.30 bits per heavy atom. The van der Waals surface area contributed by atoms with Crippen molar-refractivity contribution in [2.75, 3.05) is 10.2 Å². The first kappa shape index (κ1) is 19.9. The molecule has 1 heterocycles. The maximum atomic E-state index is 13.5. The fraction of sp³-hybridized carbons (Fsp3) is 0.0833. The molecular formula is C24H18ClFN2O2. The van der Waals surface area contributed by atoms with E-state index in [9.17, 15) is 14.0 Å². The number of aryl methyl sites for hydroxylation is 1. The molecular weight excluding hydrogens is 403 g/mol. The molecule has 3 aromatic rings. The van der Waals surface area contributed by atoms with Crippen LogP contribution >= 0.6 is 11.6 Å². The van der Waals surface area contributed by atoms with E-state index in [0.717, 1.165) is 10.5 Å². The van der Waals surface area contributed by atoms with Gasteiger partial charge in [0.15, 0.2) is 0 Å². The van der Waals surface area contributed by atoms with E-state index < -0.39 is 17.6 Å². The van der Waals surface area contributed by atoms with Crippen molar-refractivity contribution in [3.63, 3.8) is 0 Å². The van der Waals surface area contributed by atoms with Gasteiger partial charge in [0, 0.05) is 10.7 Å². The minimum Gasteiger partial charge on any atom is -0.350 e. The third kappa shape index (κ3) is 3.48. The number of rotatable bonds is 4. The van der Waals surface area contributed by atoms with Crippen molar-refractivity contribution in [3.8, 4) is 0 Å². The summed E-state index contributed by atoms with van der Waals surface area (Å²) in [5, 5.41) is 3.55. The number of halogens is 2. The molecule has 0 aromatic heterocycles. The topological polar surface area (TPSA) is 49.4 Å². The lowest BCUT2D eigenvalue weighted by molar-refractivity contribution is -0.120. The van der Waals surface area contributed by atoms with E-state index in [4.69, 9.17) is 11.6 Å². The van der Waals surface area contributed by atoms with Gasteiger partial charge in [-0.2, -0.15) is 0 Å². The average Bonchev–Trinajstić information content (AvgIpc) is 2.95. The van der Waals surface area contributed by atoms with E-state index in [0.29, 0.717) is 27.5 Å². The Morgan fingerprint density at radius 2 is 1.60 bits per heavy atom. The number of benzene rings is 3. The van der Waals surface area contributed by atoms with E-state index in [2.05, 4.69) is 5.32 Å². The van der Waals surface area contributed by atoms with Gasteiger partial charge in [-0.3, -0.25) is 9.59 Å². The minimum atomic E-state index is -0.494. The van der Waals surface area contributed by atoms with Gasteiger partial charge in [0.2, 0.25) is 0 Å². The summed E-state index contributed by atoms with van der Waals surface area (Å²) in [6, 6.07) is 18.0. The van der Waals surface area contributed by atoms with Crippen molar-refractivity contribution in [2.45, 2.75) is 13.8 Å². The highest BCUT2D eigenvalue weighted by Gasteiger charge is 2.41. The highest BCUT2D eigenvalue weighted by atomic mass is 35.5. The van der Waals surface area contributed by atoms with Crippen molar-refractivity contribution in [1.82, 2.24) is 0 Å². The van der Waals surface area contributed by atoms with Gasteiger partial charge in [-0.15, -0.1) is 0 Å². The fourth-order valence-electron chi connectivity index (χ4n) is 3.45. The second-order valence-corrected chi connectivity index (χ2v) is 7.49. The molecule has 1 aliphatic rings. The third-order valence-corrected chi connectivity index (χ3v) is 5.39. The number of carbonyl (C=O) groups is 2. The lowest BCUT2D eigenvalue weighted by atomic mass is 10.0. The normalized spacial score (nSPS) is 13.9. The Bertz CT molecular complexity index is 1200. The largest absolute Gasteiger partial charge is 0.350 e. The van der Waals surface area contributed by atoms with Gasteiger partial charge in [0.25, 0.3) is 11.8 Å². The van der Waals surface area contributed by atoms with Crippen LogP contribution in [0.5, 0.6) is 0 Å². The second kappa shape index (κ2) is 7.76. The molecule has 0 saturated carbocycles. The SMILES string of the molecule is Cc1cccc(NC2=C(c3ccc(F)cc3)C(=O)N(c3cccc(Cl)c3C)C2=O)c1. The van der Waals surface area contributed by atoms with Crippen LogP contribution in [-0.4, -0.2) is 11.8 Å². The Kier molecular flexibility index (Phi) is 5.14. The summed E-state index contributed by atoms with van der Waals surface area (Å²) in [4.78, 5) is 27.9. The summed E-state index contributed by atoms with van der Waals surface area (Å²) < 4.78 is 13.5. The minimum absolute atomic E-state index is 0.136. The van der Waals surface area contributed by atoms with Gasteiger partial charge in [0.05, 0.1) is 11.3 Å². The van der Waals surface area contributed by atoms with Crippen LogP contribution in [0.4, 0.5) is 15.8 Å². The molecule has 0 unspecified atom stereocenters. The first-order valence-corrected chi connectivity index (χ1v) is 9.72. The number of amides is 2. The number of carbonyl (C=O) groups excluding carboxylic acids is 2. The number of nitrogens with zero attached hydrogens (tertiary/aromatic N) is 1. The maximum absolute atomic E-state index is 13.5. The van der Waals surface area contributed by atoms with Crippen LogP contribution in [0, 0.1) is 19.7 Å². The Morgan fingerprint density at radius 1 is 0.900 bits per heavy atom. The number of nitrogens with one attached hydrogen (secondary N) is 1. The molecule has 150 valence electrons. The van der Waals surface area contributed by atoms with Gasteiger partial charge in [-0.25, -0.2) is 9.29 Å². The van der Waals surface area contributed by atoms with Crippen molar-refractivity contribution in [2.24, 2.45) is 0 Å². The zero-order valence-corrected chi connectivity index (χ0v) is 17.1. The Hall–Kier alpha value is -3.44. The van der Waals surface area contributed by atoms with E-state index in [1.165, 1.54) is 24.3 Å². The quantitative estimate of drug-likeness (QED) is 0.567. The summed E-state index contributed by atoms with van der Waals surface area (Å²) >= 11 is 6.22. The molecule has 0 atom stereocenters. The van der Waals surface area contributed by atoms with Gasteiger partial charge in [-0.05, 0) is 66.9 Å². The standard InChI is InChI=1S/C24H18ClFN2O2/c1-14-5-3-6-18(13-14)27-22-21(16-9-11-17(26)12-10-16)23(29)28(24(22)30)20-8-4-7-19(25)15(20)2/h3-13,27H,1-2H3. The Balaban J connectivity index is 1.86. The number of imide groups is 1. The molecule has 0 radical (unpaired) electrons. The zero-order chi connectivity index (χ0) is 21.4. The predicted octanol–water partition coefficient (Wildman–Crippen LogP) is 5.49. The first-order valence-electron chi connectivity index (χ1n) is 9.34. The second-order valence-electron chi connectivity index (χ2n) is 7.08. The molecule has 0 bridgehead atoms. The lowest BCUT2D eigenvalue weighted by Gasteiger charge is -2.18. The summed E-state index contributed by atoms with van der Waals surface area (Å²) in [6.07, 6.45) is 0. The van der Waals surface area contributed by atoms with Gasteiger partial charge < -0.3 is 5.32 Å². The zero-order valence-electron chi connectivity index (χ0n) is 16.4. The molecule has 0 fully saturated rings. The molecule has 30 heavy (non-hydrogen) atoms. The van der Waals surface area contributed by atoms with E-state index in [1.54, 1.807) is 25.1 Å². The van der Waals surface area contributed by atoms with Crippen LogP contribution in [0.1, 0.15) is 16.7 Å². The van der Waals surface area contributed by atoms with Crippen LogP contribution in [0.25, 0.3) is 5.57 Å². The molecule has 0 aliphatic carbocycles. The van der Waals surface area contributed by atoms with Gasteiger partial charge in [0.1, 0.15) is 11.5 Å². The van der Waals surface area contributed by atoms with E-state index in [1.807, 2.05) is 31.2 Å². The highest BCUT2D eigenvalue weighted by Crippen LogP contribution is 2.36.